The number of carbonyl (C=O) groups excluding carboxylic acids is 1. The van der Waals surface area contributed by atoms with Crippen LogP contribution in [0.25, 0.3) is 0 Å². The van der Waals surface area contributed by atoms with E-state index in [2.05, 4.69) is 25.0 Å². The lowest BCUT2D eigenvalue weighted by Gasteiger charge is -2.33. The average molecular weight is 291 g/mol. The standard InChI is InChI=1S/C15H25N5O/c21-15(7-6-14-16-12-17-18-14)20-10-4-5-13(20)11-19-8-2-1-3-9-19/h12-13H,1-11H2,(H,16,17,18). The molecule has 1 amide bonds. The average Bonchev–Trinajstić information content (AvgIpc) is 3.17. The lowest BCUT2D eigenvalue weighted by Crippen LogP contribution is -2.44. The summed E-state index contributed by atoms with van der Waals surface area (Å²) >= 11 is 0. The first-order valence-electron chi connectivity index (χ1n) is 8.19. The molecule has 0 aromatic carbocycles. The van der Waals surface area contributed by atoms with E-state index >= 15 is 0 Å². The Morgan fingerprint density at radius 1 is 1.24 bits per heavy atom. The zero-order chi connectivity index (χ0) is 14.5. The van der Waals surface area contributed by atoms with Crippen LogP contribution in [0, 0.1) is 0 Å². The van der Waals surface area contributed by atoms with E-state index in [0.29, 0.717) is 18.9 Å². The van der Waals surface area contributed by atoms with Crippen molar-refractivity contribution < 1.29 is 4.79 Å². The minimum atomic E-state index is 0.269. The number of aryl methyl sites for hydroxylation is 1. The van der Waals surface area contributed by atoms with Crippen LogP contribution in [0.4, 0.5) is 0 Å². The summed E-state index contributed by atoms with van der Waals surface area (Å²) in [6, 6.07) is 0.422. The summed E-state index contributed by atoms with van der Waals surface area (Å²) in [6.07, 6.45) is 8.97. The van der Waals surface area contributed by atoms with Gasteiger partial charge in [0.1, 0.15) is 12.2 Å². The molecule has 0 radical (unpaired) electrons. The van der Waals surface area contributed by atoms with Gasteiger partial charge in [0, 0.05) is 32.0 Å². The van der Waals surface area contributed by atoms with Crippen LogP contribution in [-0.4, -0.2) is 63.1 Å². The molecule has 1 aromatic heterocycles. The van der Waals surface area contributed by atoms with E-state index in [1.807, 2.05) is 0 Å². The molecule has 1 aromatic rings. The van der Waals surface area contributed by atoms with Crippen molar-refractivity contribution in [1.29, 1.82) is 0 Å². The smallest absolute Gasteiger partial charge is 0.223 e. The molecule has 6 nitrogen and oxygen atoms in total. The van der Waals surface area contributed by atoms with Crippen LogP contribution < -0.4 is 0 Å². The zero-order valence-electron chi connectivity index (χ0n) is 12.6. The number of rotatable bonds is 5. The van der Waals surface area contributed by atoms with Crippen molar-refractivity contribution in [2.45, 2.75) is 51.0 Å². The first-order chi connectivity index (χ1) is 10.3. The summed E-state index contributed by atoms with van der Waals surface area (Å²) in [5.74, 6) is 1.07. The molecule has 1 atom stereocenters. The van der Waals surface area contributed by atoms with Gasteiger partial charge in [0.15, 0.2) is 0 Å². The van der Waals surface area contributed by atoms with E-state index in [9.17, 15) is 4.79 Å². The van der Waals surface area contributed by atoms with Crippen LogP contribution in [0.1, 0.15) is 44.3 Å². The van der Waals surface area contributed by atoms with E-state index < -0.39 is 0 Å². The van der Waals surface area contributed by atoms with Crippen molar-refractivity contribution >= 4 is 5.91 Å². The molecule has 1 unspecified atom stereocenters. The van der Waals surface area contributed by atoms with E-state index in [1.54, 1.807) is 0 Å². The lowest BCUT2D eigenvalue weighted by molar-refractivity contribution is -0.132. The van der Waals surface area contributed by atoms with Gasteiger partial charge in [-0.3, -0.25) is 9.89 Å². The molecule has 6 heteroatoms. The first kappa shape index (κ1) is 14.5. The summed E-state index contributed by atoms with van der Waals surface area (Å²) in [4.78, 5) is 21.2. The Kier molecular flexibility index (Phi) is 4.85. The second kappa shape index (κ2) is 7.02. The summed E-state index contributed by atoms with van der Waals surface area (Å²) in [5, 5.41) is 6.64. The van der Waals surface area contributed by atoms with Crippen molar-refractivity contribution in [3.63, 3.8) is 0 Å². The Morgan fingerprint density at radius 2 is 2.10 bits per heavy atom. The van der Waals surface area contributed by atoms with Crippen LogP contribution in [0.15, 0.2) is 6.33 Å². The van der Waals surface area contributed by atoms with Crippen molar-refractivity contribution in [3.05, 3.63) is 12.2 Å². The largest absolute Gasteiger partial charge is 0.338 e. The van der Waals surface area contributed by atoms with Gasteiger partial charge in [-0.15, -0.1) is 0 Å². The van der Waals surface area contributed by atoms with Gasteiger partial charge < -0.3 is 9.80 Å². The quantitative estimate of drug-likeness (QED) is 0.886. The third-order valence-corrected chi connectivity index (χ3v) is 4.66. The predicted molar refractivity (Wildman–Crippen MR) is 79.7 cm³/mol. The molecule has 2 aliphatic heterocycles. The van der Waals surface area contributed by atoms with Gasteiger partial charge in [-0.05, 0) is 38.8 Å². The Bertz CT molecular complexity index is 441. The normalized spacial score (nSPS) is 23.6. The van der Waals surface area contributed by atoms with Crippen LogP contribution in [0.5, 0.6) is 0 Å². The number of nitrogens with zero attached hydrogens (tertiary/aromatic N) is 4. The number of aromatic amines is 1. The molecule has 0 bridgehead atoms. The number of amides is 1. The summed E-state index contributed by atoms with van der Waals surface area (Å²) in [6.45, 7) is 4.40. The van der Waals surface area contributed by atoms with Crippen LogP contribution in [-0.2, 0) is 11.2 Å². The van der Waals surface area contributed by atoms with Gasteiger partial charge in [-0.1, -0.05) is 6.42 Å². The molecule has 21 heavy (non-hydrogen) atoms. The van der Waals surface area contributed by atoms with E-state index in [0.717, 1.165) is 31.8 Å². The minimum Gasteiger partial charge on any atom is -0.338 e. The zero-order valence-corrected chi connectivity index (χ0v) is 12.6. The Balaban J connectivity index is 1.49. The molecule has 0 aliphatic carbocycles. The maximum Gasteiger partial charge on any atom is 0.223 e. The lowest BCUT2D eigenvalue weighted by atomic mass is 10.1. The molecule has 3 rings (SSSR count). The highest BCUT2D eigenvalue weighted by molar-refractivity contribution is 5.77. The molecule has 2 saturated heterocycles. The van der Waals surface area contributed by atoms with Gasteiger partial charge >= 0.3 is 0 Å². The number of hydrogen-bond donors (Lipinski definition) is 1. The van der Waals surface area contributed by atoms with Gasteiger partial charge in [0.2, 0.25) is 5.91 Å². The SMILES string of the molecule is O=C(CCc1ncn[nH]1)N1CCCC1CN1CCCCC1. The highest BCUT2D eigenvalue weighted by Gasteiger charge is 2.30. The highest BCUT2D eigenvalue weighted by Crippen LogP contribution is 2.21. The predicted octanol–water partition coefficient (Wildman–Crippen LogP) is 1.21. The summed E-state index contributed by atoms with van der Waals surface area (Å²) < 4.78 is 0. The fraction of sp³-hybridized carbons (Fsp3) is 0.800. The number of likely N-dealkylation sites (tertiary alicyclic amines) is 2. The van der Waals surface area contributed by atoms with Gasteiger partial charge in [0.25, 0.3) is 0 Å². The molecule has 0 saturated carbocycles. The topological polar surface area (TPSA) is 65.1 Å². The molecule has 116 valence electrons. The number of piperidine rings is 1. The maximum absolute atomic E-state index is 12.4. The van der Waals surface area contributed by atoms with Crippen LogP contribution >= 0.6 is 0 Å². The number of carbonyl (C=O) groups is 1. The number of aromatic nitrogens is 3. The fourth-order valence-corrected chi connectivity index (χ4v) is 3.51. The molecule has 2 aliphatic rings. The summed E-state index contributed by atoms with van der Waals surface area (Å²) in [7, 11) is 0. The maximum atomic E-state index is 12.4. The minimum absolute atomic E-state index is 0.269. The van der Waals surface area contributed by atoms with Crippen LogP contribution in [0.3, 0.4) is 0 Å². The third kappa shape index (κ3) is 3.81. The third-order valence-electron chi connectivity index (χ3n) is 4.66. The van der Waals surface area contributed by atoms with Crippen LogP contribution in [0.2, 0.25) is 0 Å². The molecule has 1 N–H and O–H groups in total. The van der Waals surface area contributed by atoms with Crippen molar-refractivity contribution in [2.75, 3.05) is 26.2 Å². The Morgan fingerprint density at radius 3 is 2.86 bits per heavy atom. The summed E-state index contributed by atoms with van der Waals surface area (Å²) in [5.41, 5.74) is 0. The molecule has 0 spiro atoms. The Labute approximate surface area is 125 Å². The molecular weight excluding hydrogens is 266 g/mol. The van der Waals surface area contributed by atoms with Gasteiger partial charge in [-0.2, -0.15) is 5.10 Å². The number of H-pyrrole nitrogens is 1. The van der Waals surface area contributed by atoms with E-state index in [1.165, 1.54) is 38.7 Å². The molecule has 2 fully saturated rings. The van der Waals surface area contributed by atoms with Gasteiger partial charge in [0.05, 0.1) is 0 Å². The molecular formula is C15H25N5O. The highest BCUT2D eigenvalue weighted by atomic mass is 16.2. The number of nitrogens with one attached hydrogen (secondary N) is 1. The number of hydrogen-bond acceptors (Lipinski definition) is 4. The second-order valence-corrected chi connectivity index (χ2v) is 6.18. The Hall–Kier alpha value is -1.43. The van der Waals surface area contributed by atoms with E-state index in [4.69, 9.17) is 0 Å². The van der Waals surface area contributed by atoms with Crippen molar-refractivity contribution in [2.24, 2.45) is 0 Å². The second-order valence-electron chi connectivity index (χ2n) is 6.18. The van der Waals surface area contributed by atoms with Crippen molar-refractivity contribution in [1.82, 2.24) is 25.0 Å². The van der Waals surface area contributed by atoms with Gasteiger partial charge in [-0.25, -0.2) is 4.98 Å². The van der Waals surface area contributed by atoms with Crippen molar-refractivity contribution in [3.8, 4) is 0 Å². The fourth-order valence-electron chi connectivity index (χ4n) is 3.51. The molecule has 3 heterocycles. The monoisotopic (exact) mass is 291 g/mol. The van der Waals surface area contributed by atoms with E-state index in [-0.39, 0.29) is 5.91 Å². The first-order valence-corrected chi connectivity index (χ1v) is 8.19.